The van der Waals surface area contributed by atoms with Crippen LogP contribution < -0.4 is 5.73 Å². The molecule has 0 unspecified atom stereocenters. The maximum atomic E-state index is 12.3. The SMILES string of the molecule is CC(C)Cc1ccc(S(=O)(=O)N(C)CCCN)cc1. The average Bonchev–Trinajstić information content (AvgIpc) is 2.35. The maximum Gasteiger partial charge on any atom is 0.242 e. The molecule has 0 atom stereocenters. The predicted octanol–water partition coefficient (Wildman–Crippen LogP) is 1.85. The van der Waals surface area contributed by atoms with E-state index in [9.17, 15) is 8.42 Å². The maximum absolute atomic E-state index is 12.3. The lowest BCUT2D eigenvalue weighted by atomic mass is 10.0. The minimum absolute atomic E-state index is 0.347. The van der Waals surface area contributed by atoms with Crippen molar-refractivity contribution >= 4 is 10.0 Å². The lowest BCUT2D eigenvalue weighted by molar-refractivity contribution is 0.463. The molecule has 0 heterocycles. The van der Waals surface area contributed by atoms with Gasteiger partial charge in [-0.3, -0.25) is 0 Å². The number of nitrogens with two attached hydrogens (primary N) is 1. The second-order valence-electron chi connectivity index (χ2n) is 5.21. The van der Waals surface area contributed by atoms with Gasteiger partial charge in [0.05, 0.1) is 4.90 Å². The van der Waals surface area contributed by atoms with Crippen LogP contribution in [-0.4, -0.2) is 32.9 Å². The van der Waals surface area contributed by atoms with Gasteiger partial charge in [0.1, 0.15) is 0 Å². The lowest BCUT2D eigenvalue weighted by Crippen LogP contribution is -2.29. The van der Waals surface area contributed by atoms with Crippen molar-refractivity contribution < 1.29 is 8.42 Å². The van der Waals surface area contributed by atoms with Crippen LogP contribution in [0.2, 0.25) is 0 Å². The van der Waals surface area contributed by atoms with Gasteiger partial charge in [-0.15, -0.1) is 0 Å². The minimum atomic E-state index is -3.38. The van der Waals surface area contributed by atoms with E-state index in [0.717, 1.165) is 6.42 Å². The van der Waals surface area contributed by atoms with Crippen LogP contribution in [0.4, 0.5) is 0 Å². The monoisotopic (exact) mass is 284 g/mol. The van der Waals surface area contributed by atoms with Gasteiger partial charge in [-0.2, -0.15) is 0 Å². The van der Waals surface area contributed by atoms with Crippen LogP contribution in [0.15, 0.2) is 29.2 Å². The zero-order chi connectivity index (χ0) is 14.5. The Kier molecular flexibility index (Phi) is 5.97. The van der Waals surface area contributed by atoms with Gasteiger partial charge in [-0.1, -0.05) is 26.0 Å². The summed E-state index contributed by atoms with van der Waals surface area (Å²) in [4.78, 5) is 0.347. The van der Waals surface area contributed by atoms with Gasteiger partial charge in [-0.25, -0.2) is 12.7 Å². The molecule has 0 aliphatic carbocycles. The first kappa shape index (κ1) is 16.1. The number of hydrogen-bond acceptors (Lipinski definition) is 3. The molecular weight excluding hydrogens is 260 g/mol. The van der Waals surface area contributed by atoms with E-state index in [2.05, 4.69) is 13.8 Å². The Bertz CT molecular complexity index is 481. The highest BCUT2D eigenvalue weighted by Gasteiger charge is 2.19. The molecular formula is C14H24N2O2S. The number of benzene rings is 1. The molecule has 0 bridgehead atoms. The second-order valence-corrected chi connectivity index (χ2v) is 7.26. The van der Waals surface area contributed by atoms with E-state index < -0.39 is 10.0 Å². The highest BCUT2D eigenvalue weighted by molar-refractivity contribution is 7.89. The minimum Gasteiger partial charge on any atom is -0.330 e. The van der Waals surface area contributed by atoms with Crippen molar-refractivity contribution in [3.63, 3.8) is 0 Å². The summed E-state index contributed by atoms with van der Waals surface area (Å²) in [5, 5.41) is 0. The molecule has 0 spiro atoms. The van der Waals surface area contributed by atoms with Gasteiger partial charge >= 0.3 is 0 Å². The van der Waals surface area contributed by atoms with E-state index in [4.69, 9.17) is 5.73 Å². The molecule has 0 amide bonds. The van der Waals surface area contributed by atoms with Crippen LogP contribution in [0.5, 0.6) is 0 Å². The molecule has 4 nitrogen and oxygen atoms in total. The second kappa shape index (κ2) is 7.03. The molecule has 19 heavy (non-hydrogen) atoms. The van der Waals surface area contributed by atoms with E-state index in [0.29, 0.717) is 30.3 Å². The fraction of sp³-hybridized carbons (Fsp3) is 0.571. The first-order valence-corrected chi connectivity index (χ1v) is 8.07. The highest BCUT2D eigenvalue weighted by Crippen LogP contribution is 2.17. The van der Waals surface area contributed by atoms with Crippen molar-refractivity contribution in [2.24, 2.45) is 11.7 Å². The molecule has 0 saturated carbocycles. The predicted molar refractivity (Wildman–Crippen MR) is 78.5 cm³/mol. The third kappa shape index (κ3) is 4.60. The first-order chi connectivity index (χ1) is 8.87. The molecule has 0 fully saturated rings. The van der Waals surface area contributed by atoms with Crippen molar-refractivity contribution in [1.82, 2.24) is 4.31 Å². The van der Waals surface area contributed by atoms with Crippen LogP contribution in [0.1, 0.15) is 25.8 Å². The zero-order valence-electron chi connectivity index (χ0n) is 12.0. The molecule has 0 aromatic heterocycles. The van der Waals surface area contributed by atoms with Crippen LogP contribution in [0, 0.1) is 5.92 Å². The Morgan fingerprint density at radius 3 is 2.26 bits per heavy atom. The van der Waals surface area contributed by atoms with E-state index in [1.54, 1.807) is 19.2 Å². The third-order valence-corrected chi connectivity index (χ3v) is 4.82. The number of nitrogens with zero attached hydrogens (tertiary/aromatic N) is 1. The number of sulfonamides is 1. The fourth-order valence-corrected chi connectivity index (χ4v) is 3.09. The summed E-state index contributed by atoms with van der Waals surface area (Å²) in [6, 6.07) is 7.16. The van der Waals surface area contributed by atoms with Crippen molar-refractivity contribution in [3.05, 3.63) is 29.8 Å². The summed E-state index contributed by atoms with van der Waals surface area (Å²) in [6.07, 6.45) is 1.63. The van der Waals surface area contributed by atoms with E-state index in [1.807, 2.05) is 12.1 Å². The molecule has 1 aromatic carbocycles. The van der Waals surface area contributed by atoms with Crippen molar-refractivity contribution in [2.75, 3.05) is 20.1 Å². The quantitative estimate of drug-likeness (QED) is 0.831. The summed E-state index contributed by atoms with van der Waals surface area (Å²) >= 11 is 0. The van der Waals surface area contributed by atoms with Gasteiger partial charge in [0.2, 0.25) is 10.0 Å². The van der Waals surface area contributed by atoms with E-state index >= 15 is 0 Å². The molecule has 0 saturated heterocycles. The van der Waals surface area contributed by atoms with Gasteiger partial charge in [0.15, 0.2) is 0 Å². The normalized spacial score (nSPS) is 12.3. The largest absolute Gasteiger partial charge is 0.330 e. The summed E-state index contributed by atoms with van der Waals surface area (Å²) in [7, 11) is -1.79. The van der Waals surface area contributed by atoms with Crippen LogP contribution in [-0.2, 0) is 16.4 Å². The zero-order valence-corrected chi connectivity index (χ0v) is 12.8. The Labute approximate surface area is 116 Å². The molecule has 0 aliphatic rings. The van der Waals surface area contributed by atoms with E-state index in [-0.39, 0.29) is 0 Å². The van der Waals surface area contributed by atoms with Crippen molar-refractivity contribution in [1.29, 1.82) is 0 Å². The summed E-state index contributed by atoms with van der Waals surface area (Å²) in [5.74, 6) is 0.565. The summed E-state index contributed by atoms with van der Waals surface area (Å²) in [5.41, 5.74) is 6.57. The fourth-order valence-electron chi connectivity index (χ4n) is 1.88. The number of rotatable bonds is 7. The first-order valence-electron chi connectivity index (χ1n) is 6.63. The molecule has 5 heteroatoms. The molecule has 0 radical (unpaired) electrons. The number of hydrogen-bond donors (Lipinski definition) is 1. The Morgan fingerprint density at radius 1 is 1.21 bits per heavy atom. The third-order valence-electron chi connectivity index (χ3n) is 2.95. The summed E-state index contributed by atoms with van der Waals surface area (Å²) < 4.78 is 25.9. The molecule has 1 aromatic rings. The molecule has 2 N–H and O–H groups in total. The van der Waals surface area contributed by atoms with Gasteiger partial charge < -0.3 is 5.73 Å². The lowest BCUT2D eigenvalue weighted by Gasteiger charge is -2.17. The Morgan fingerprint density at radius 2 is 1.79 bits per heavy atom. The average molecular weight is 284 g/mol. The molecule has 1 rings (SSSR count). The van der Waals surface area contributed by atoms with Crippen LogP contribution >= 0.6 is 0 Å². The van der Waals surface area contributed by atoms with E-state index in [1.165, 1.54) is 9.87 Å². The summed E-state index contributed by atoms with van der Waals surface area (Å²) in [6.45, 7) is 5.23. The highest BCUT2D eigenvalue weighted by atomic mass is 32.2. The smallest absolute Gasteiger partial charge is 0.242 e. The van der Waals surface area contributed by atoms with Crippen molar-refractivity contribution in [3.8, 4) is 0 Å². The Balaban J connectivity index is 2.84. The molecule has 0 aliphatic heterocycles. The molecule has 108 valence electrons. The van der Waals surface area contributed by atoms with Crippen LogP contribution in [0.25, 0.3) is 0 Å². The van der Waals surface area contributed by atoms with Crippen molar-refractivity contribution in [2.45, 2.75) is 31.6 Å². The standard InChI is InChI=1S/C14H24N2O2S/c1-12(2)11-13-5-7-14(8-6-13)19(17,18)16(3)10-4-9-15/h5-8,12H,4,9-11,15H2,1-3H3. The Hall–Kier alpha value is -0.910. The van der Waals surface area contributed by atoms with Gasteiger partial charge in [0.25, 0.3) is 0 Å². The van der Waals surface area contributed by atoms with Gasteiger partial charge in [0, 0.05) is 13.6 Å². The van der Waals surface area contributed by atoms with Crippen LogP contribution in [0.3, 0.4) is 0 Å². The van der Waals surface area contributed by atoms with Gasteiger partial charge in [-0.05, 0) is 43.0 Å². The topological polar surface area (TPSA) is 63.4 Å².